The summed E-state index contributed by atoms with van der Waals surface area (Å²) in [5, 5.41) is 12.9. The number of fused-ring (bicyclic) bond motifs is 1. The molecule has 2 aromatic rings. The number of ether oxygens (including phenoxy) is 1. The number of amidine groups is 2. The molecule has 0 bridgehead atoms. The van der Waals surface area contributed by atoms with Crippen LogP contribution in [0.2, 0.25) is 5.02 Å². The molecule has 4 N–H and O–H groups in total. The van der Waals surface area contributed by atoms with Crippen molar-refractivity contribution in [2.24, 2.45) is 10.9 Å². The fourth-order valence-electron chi connectivity index (χ4n) is 3.70. The highest BCUT2D eigenvalue weighted by Gasteiger charge is 2.43. The van der Waals surface area contributed by atoms with E-state index in [4.69, 9.17) is 26.7 Å². The number of hydrogen-bond donors (Lipinski definition) is 4. The largest absolute Gasteiger partial charge is 0.494 e. The average molecular weight is 473 g/mol. The number of rotatable bonds is 6. The molecule has 0 aromatic heterocycles. The molecule has 2 aromatic carbocycles. The molecule has 0 aliphatic carbocycles. The van der Waals surface area contributed by atoms with E-state index >= 15 is 0 Å². The van der Waals surface area contributed by atoms with Crippen LogP contribution in [0, 0.1) is 11.3 Å². The van der Waals surface area contributed by atoms with Crippen LogP contribution in [0.5, 0.6) is 5.75 Å². The van der Waals surface area contributed by atoms with Gasteiger partial charge in [0.2, 0.25) is 5.91 Å². The smallest absolute Gasteiger partial charge is 0.234 e. The van der Waals surface area contributed by atoms with Gasteiger partial charge in [-0.2, -0.15) is 0 Å². The number of anilines is 2. The van der Waals surface area contributed by atoms with Gasteiger partial charge in [-0.1, -0.05) is 29.4 Å². The number of aliphatic imine (C=N–C) groups is 1. The van der Waals surface area contributed by atoms with Crippen molar-refractivity contribution in [2.45, 2.75) is 26.1 Å². The molecule has 0 spiro atoms. The molecule has 8 nitrogen and oxygen atoms in total. The molecule has 0 radical (unpaired) electrons. The van der Waals surface area contributed by atoms with E-state index in [2.05, 4.69) is 16.2 Å². The third kappa shape index (κ3) is 4.91. The topological polar surface area (TPSA) is 102 Å². The van der Waals surface area contributed by atoms with Gasteiger partial charge in [0, 0.05) is 22.4 Å². The molecule has 3 atom stereocenters. The Balaban J connectivity index is 1.53. The van der Waals surface area contributed by atoms with E-state index in [0.29, 0.717) is 28.3 Å². The van der Waals surface area contributed by atoms with Gasteiger partial charge < -0.3 is 10.1 Å². The molecular weight excluding hydrogens is 448 g/mol. The van der Waals surface area contributed by atoms with Crippen molar-refractivity contribution in [3.63, 3.8) is 0 Å². The number of amides is 1. The van der Waals surface area contributed by atoms with Crippen LogP contribution >= 0.6 is 23.4 Å². The Labute approximate surface area is 196 Å². The fraction of sp³-hybridized carbons (Fsp3) is 0.318. The van der Waals surface area contributed by atoms with Crippen molar-refractivity contribution < 1.29 is 9.53 Å². The van der Waals surface area contributed by atoms with E-state index in [1.165, 1.54) is 11.8 Å². The second-order valence-corrected chi connectivity index (χ2v) is 8.83. The van der Waals surface area contributed by atoms with Crippen LogP contribution in [-0.2, 0) is 4.79 Å². The number of hydrazine groups is 1. The van der Waals surface area contributed by atoms with E-state index in [1.807, 2.05) is 38.1 Å². The average Bonchev–Trinajstić information content (AvgIpc) is 3.14. The number of nitrogens with zero attached hydrogens (tertiary/aromatic N) is 2. The minimum Gasteiger partial charge on any atom is -0.494 e. The highest BCUT2D eigenvalue weighted by molar-refractivity contribution is 8.14. The number of nitrogens with one attached hydrogen (secondary N) is 4. The molecule has 10 heteroatoms. The predicted molar refractivity (Wildman–Crippen MR) is 131 cm³/mol. The lowest BCUT2D eigenvalue weighted by Gasteiger charge is -2.36. The molecule has 2 aliphatic rings. The Hall–Kier alpha value is -2.59. The van der Waals surface area contributed by atoms with Crippen molar-refractivity contribution in [3.8, 4) is 5.75 Å². The first kappa shape index (κ1) is 22.6. The third-order valence-electron chi connectivity index (χ3n) is 5.18. The number of carbonyl (C=O) groups is 1. The van der Waals surface area contributed by atoms with Crippen LogP contribution < -0.4 is 25.8 Å². The molecule has 168 valence electrons. The Bertz CT molecular complexity index is 1030. The van der Waals surface area contributed by atoms with Gasteiger partial charge in [-0.15, -0.1) is 0 Å². The van der Waals surface area contributed by atoms with Gasteiger partial charge in [0.05, 0.1) is 18.3 Å². The lowest BCUT2D eigenvalue weighted by Crippen LogP contribution is -2.50. The van der Waals surface area contributed by atoms with Crippen LogP contribution in [0.4, 0.5) is 11.4 Å². The summed E-state index contributed by atoms with van der Waals surface area (Å²) in [6.07, 6.45) is -0.255. The second-order valence-electron chi connectivity index (χ2n) is 7.45. The predicted octanol–water partition coefficient (Wildman–Crippen LogP) is 3.70. The summed E-state index contributed by atoms with van der Waals surface area (Å²) in [7, 11) is 0. The zero-order valence-electron chi connectivity index (χ0n) is 17.8. The lowest BCUT2D eigenvalue weighted by atomic mass is 9.97. The van der Waals surface area contributed by atoms with Gasteiger partial charge in [0.1, 0.15) is 17.8 Å². The van der Waals surface area contributed by atoms with Crippen LogP contribution in [-0.4, -0.2) is 41.5 Å². The van der Waals surface area contributed by atoms with Crippen LogP contribution in [0.15, 0.2) is 53.5 Å². The minimum atomic E-state index is -0.255. The van der Waals surface area contributed by atoms with E-state index in [1.54, 1.807) is 29.2 Å². The standard InChI is InChI=1S/C22H25ClN6O2S/c1-3-31-17-9-7-16(8-10-17)29-20(24)19-13(2)27-28-21(19)26-22(29)32-12-18(30)25-15-6-4-5-14(23)11-15/h4-11,13,19,21,24,27-28H,3,12H2,1-2H3,(H,25,30). The van der Waals surface area contributed by atoms with Crippen LogP contribution in [0.3, 0.4) is 0 Å². The molecule has 1 fully saturated rings. The summed E-state index contributed by atoms with van der Waals surface area (Å²) in [6, 6.07) is 14.6. The lowest BCUT2D eigenvalue weighted by molar-refractivity contribution is -0.113. The van der Waals surface area contributed by atoms with E-state index in [9.17, 15) is 4.79 Å². The number of hydrogen-bond acceptors (Lipinski definition) is 7. The van der Waals surface area contributed by atoms with E-state index in [0.717, 1.165) is 11.4 Å². The van der Waals surface area contributed by atoms with Crippen molar-refractivity contribution >= 4 is 51.6 Å². The summed E-state index contributed by atoms with van der Waals surface area (Å²) in [6.45, 7) is 4.54. The Morgan fingerprint density at radius 3 is 2.78 bits per heavy atom. The zero-order valence-corrected chi connectivity index (χ0v) is 19.3. The zero-order chi connectivity index (χ0) is 22.7. The Morgan fingerprint density at radius 2 is 2.06 bits per heavy atom. The van der Waals surface area contributed by atoms with Gasteiger partial charge in [0.15, 0.2) is 5.17 Å². The first-order valence-corrected chi connectivity index (χ1v) is 11.7. The molecule has 4 rings (SSSR count). The summed E-state index contributed by atoms with van der Waals surface area (Å²) in [5.74, 6) is 1.04. The minimum absolute atomic E-state index is 0.0547. The van der Waals surface area contributed by atoms with Crippen molar-refractivity contribution in [2.75, 3.05) is 22.6 Å². The van der Waals surface area contributed by atoms with E-state index < -0.39 is 0 Å². The molecule has 32 heavy (non-hydrogen) atoms. The third-order valence-corrected chi connectivity index (χ3v) is 6.37. The van der Waals surface area contributed by atoms with Gasteiger partial charge in [-0.3, -0.25) is 20.5 Å². The molecule has 2 aliphatic heterocycles. The Kier molecular flexibility index (Phi) is 7.00. The first-order valence-electron chi connectivity index (χ1n) is 10.3. The summed E-state index contributed by atoms with van der Waals surface area (Å²) < 4.78 is 5.54. The molecular formula is C22H25ClN6O2S. The quantitative estimate of drug-likeness (QED) is 0.511. The van der Waals surface area contributed by atoms with Crippen molar-refractivity contribution in [3.05, 3.63) is 53.6 Å². The van der Waals surface area contributed by atoms with Gasteiger partial charge in [-0.25, -0.2) is 10.4 Å². The van der Waals surface area contributed by atoms with Crippen molar-refractivity contribution in [1.29, 1.82) is 5.41 Å². The summed E-state index contributed by atoms with van der Waals surface area (Å²) in [4.78, 5) is 19.2. The maximum atomic E-state index is 12.5. The molecule has 1 amide bonds. The highest BCUT2D eigenvalue weighted by Crippen LogP contribution is 2.32. The van der Waals surface area contributed by atoms with Crippen LogP contribution in [0.25, 0.3) is 0 Å². The maximum absolute atomic E-state index is 12.5. The fourth-order valence-corrected chi connectivity index (χ4v) is 4.74. The monoisotopic (exact) mass is 472 g/mol. The molecule has 1 saturated heterocycles. The number of benzene rings is 2. The highest BCUT2D eigenvalue weighted by atomic mass is 35.5. The summed E-state index contributed by atoms with van der Waals surface area (Å²) in [5.41, 5.74) is 7.76. The number of halogens is 1. The van der Waals surface area contributed by atoms with Crippen molar-refractivity contribution in [1.82, 2.24) is 10.9 Å². The van der Waals surface area contributed by atoms with Gasteiger partial charge >= 0.3 is 0 Å². The maximum Gasteiger partial charge on any atom is 0.234 e. The molecule has 2 heterocycles. The molecule has 0 saturated carbocycles. The van der Waals surface area contributed by atoms with Gasteiger partial charge in [-0.05, 0) is 56.3 Å². The first-order chi connectivity index (χ1) is 15.5. The molecule has 3 unspecified atom stereocenters. The SMILES string of the molecule is CCOc1ccc(N2C(=N)C3C(C)NNC3N=C2SCC(=O)Nc2cccc(Cl)c2)cc1. The number of thioether (sulfide) groups is 1. The Morgan fingerprint density at radius 1 is 1.28 bits per heavy atom. The van der Waals surface area contributed by atoms with Gasteiger partial charge in [0.25, 0.3) is 0 Å². The second kappa shape index (κ2) is 9.91. The summed E-state index contributed by atoms with van der Waals surface area (Å²) >= 11 is 7.29. The van der Waals surface area contributed by atoms with Crippen LogP contribution in [0.1, 0.15) is 13.8 Å². The normalized spacial score (nSPS) is 22.3. The van der Waals surface area contributed by atoms with E-state index in [-0.39, 0.29) is 29.8 Å². The number of carbonyl (C=O) groups excluding carboxylic acids is 1.